The molecule has 0 amide bonds. The summed E-state index contributed by atoms with van der Waals surface area (Å²) in [5.74, 6) is 2.03. The van der Waals surface area contributed by atoms with Crippen molar-refractivity contribution in [1.82, 2.24) is 4.90 Å². The van der Waals surface area contributed by atoms with E-state index in [4.69, 9.17) is 9.47 Å². The third-order valence-electron chi connectivity index (χ3n) is 11.2. The second-order valence-electron chi connectivity index (χ2n) is 13.0. The van der Waals surface area contributed by atoms with Crippen LogP contribution in [0, 0.1) is 23.2 Å². The molecule has 4 aliphatic rings. The van der Waals surface area contributed by atoms with Gasteiger partial charge in [-0.1, -0.05) is 67.6 Å². The summed E-state index contributed by atoms with van der Waals surface area (Å²) in [7, 11) is 0. The van der Waals surface area contributed by atoms with Crippen molar-refractivity contribution >= 4 is 11.8 Å². The van der Waals surface area contributed by atoms with E-state index in [2.05, 4.69) is 25.7 Å². The molecule has 2 saturated heterocycles. The molecule has 0 spiro atoms. The molecule has 4 fully saturated rings. The smallest absolute Gasteiger partial charge is 0.333 e. The first-order valence-electron chi connectivity index (χ1n) is 15.0. The lowest BCUT2D eigenvalue weighted by Gasteiger charge is -2.62. The van der Waals surface area contributed by atoms with Crippen LogP contribution in [0.1, 0.15) is 82.9 Å². The molecule has 2 aromatic carbocycles. The van der Waals surface area contributed by atoms with E-state index in [1.807, 2.05) is 60.7 Å². The van der Waals surface area contributed by atoms with Gasteiger partial charge >= 0.3 is 5.97 Å². The van der Waals surface area contributed by atoms with Crippen molar-refractivity contribution in [2.24, 2.45) is 23.2 Å². The zero-order valence-corrected chi connectivity index (χ0v) is 23.7. The predicted molar refractivity (Wildman–Crippen MR) is 151 cm³/mol. The lowest BCUT2D eigenvalue weighted by atomic mass is 9.52. The molecule has 2 saturated carbocycles. The maximum Gasteiger partial charge on any atom is 0.333 e. The summed E-state index contributed by atoms with van der Waals surface area (Å²) >= 11 is 0. The van der Waals surface area contributed by atoms with Gasteiger partial charge in [-0.15, -0.1) is 0 Å². The second kappa shape index (κ2) is 10.5. The van der Waals surface area contributed by atoms with Gasteiger partial charge in [0.2, 0.25) is 0 Å². The summed E-state index contributed by atoms with van der Waals surface area (Å²) < 4.78 is 12.5. The summed E-state index contributed by atoms with van der Waals surface area (Å²) in [6, 6.07) is 19.9. The van der Waals surface area contributed by atoms with Crippen LogP contribution in [-0.2, 0) is 19.1 Å². The van der Waals surface area contributed by atoms with Gasteiger partial charge in [-0.05, 0) is 93.2 Å². The highest BCUT2D eigenvalue weighted by molar-refractivity contribution is 5.84. The minimum Gasteiger partial charge on any atom is -0.451 e. The standard InChI is InChI=1S/C34H43NO4/c1-23-29(36)17-20-34(3)28-16-19-33(2)27(26(28)18-21-35(23)34)14-15-30(33)38-22-31(37)39-32(24-10-6-4-7-11-24)25-12-8-5-9-13-25/h4-13,23,26-28,30,32H,14-22H2,1-3H3/t23?,26-,27-,28+,30?,33-,34+/m0/s1. The Morgan fingerprint density at radius 3 is 2.26 bits per heavy atom. The number of piperidine rings is 2. The van der Waals surface area contributed by atoms with Crippen LogP contribution < -0.4 is 0 Å². The van der Waals surface area contributed by atoms with Crippen LogP contribution in [0.4, 0.5) is 0 Å². The average molecular weight is 530 g/mol. The van der Waals surface area contributed by atoms with E-state index in [0.29, 0.717) is 23.5 Å². The third kappa shape index (κ3) is 4.66. The van der Waals surface area contributed by atoms with E-state index in [1.165, 1.54) is 19.3 Å². The number of fused-ring (bicyclic) bond motifs is 5. The van der Waals surface area contributed by atoms with Gasteiger partial charge in [-0.25, -0.2) is 4.79 Å². The number of carbonyl (C=O) groups is 2. The van der Waals surface area contributed by atoms with Gasteiger partial charge in [-0.2, -0.15) is 0 Å². The van der Waals surface area contributed by atoms with Crippen molar-refractivity contribution in [3.05, 3.63) is 71.8 Å². The van der Waals surface area contributed by atoms with Gasteiger partial charge in [0.25, 0.3) is 0 Å². The highest BCUT2D eigenvalue weighted by Gasteiger charge is 2.61. The number of Topliss-reactive ketones (excluding diaryl/α,β-unsaturated/α-hetero) is 1. The largest absolute Gasteiger partial charge is 0.451 e. The van der Waals surface area contributed by atoms with Gasteiger partial charge in [-0.3, -0.25) is 9.69 Å². The maximum atomic E-state index is 13.1. The number of hydrogen-bond acceptors (Lipinski definition) is 5. The fourth-order valence-electron chi connectivity index (χ4n) is 9.09. The molecule has 39 heavy (non-hydrogen) atoms. The summed E-state index contributed by atoms with van der Waals surface area (Å²) in [5, 5.41) is 0. The monoisotopic (exact) mass is 529 g/mol. The summed E-state index contributed by atoms with van der Waals surface area (Å²) in [6.45, 7) is 7.98. The topological polar surface area (TPSA) is 55.8 Å². The van der Waals surface area contributed by atoms with Crippen LogP contribution in [-0.4, -0.2) is 47.5 Å². The fourth-order valence-corrected chi connectivity index (χ4v) is 9.09. The van der Waals surface area contributed by atoms with Crippen molar-refractivity contribution in [3.63, 3.8) is 0 Å². The first kappa shape index (κ1) is 26.7. The van der Waals surface area contributed by atoms with Crippen LogP contribution in [0.25, 0.3) is 0 Å². The zero-order chi connectivity index (χ0) is 27.2. The van der Waals surface area contributed by atoms with E-state index in [9.17, 15) is 9.59 Å². The van der Waals surface area contributed by atoms with E-state index >= 15 is 0 Å². The molecule has 6 rings (SSSR count). The molecule has 2 aliphatic carbocycles. The van der Waals surface area contributed by atoms with E-state index in [1.54, 1.807) is 0 Å². The second-order valence-corrected chi connectivity index (χ2v) is 13.0. The Hall–Kier alpha value is -2.50. The molecule has 7 atom stereocenters. The fraction of sp³-hybridized carbons (Fsp3) is 0.588. The van der Waals surface area contributed by atoms with Gasteiger partial charge in [0.1, 0.15) is 12.4 Å². The Balaban J connectivity index is 1.12. The number of carbonyl (C=O) groups excluding carboxylic acids is 2. The lowest BCUT2D eigenvalue weighted by molar-refractivity contribution is -0.167. The Morgan fingerprint density at radius 2 is 1.59 bits per heavy atom. The van der Waals surface area contributed by atoms with Crippen molar-refractivity contribution in [2.45, 2.75) is 89.5 Å². The van der Waals surface area contributed by atoms with Crippen LogP contribution >= 0.6 is 0 Å². The molecule has 208 valence electrons. The molecule has 0 bridgehead atoms. The number of nitrogens with zero attached hydrogens (tertiary/aromatic N) is 1. The Labute approximate surface area is 233 Å². The molecule has 2 aliphatic heterocycles. The number of rotatable bonds is 6. The average Bonchev–Trinajstić information content (AvgIpc) is 3.30. The van der Waals surface area contributed by atoms with Gasteiger partial charge in [0, 0.05) is 12.0 Å². The molecule has 2 unspecified atom stereocenters. The number of ketones is 1. The Bertz CT molecular complexity index is 1140. The molecule has 5 heteroatoms. The van der Waals surface area contributed by atoms with Crippen LogP contribution in [0.2, 0.25) is 0 Å². The highest BCUT2D eigenvalue weighted by atomic mass is 16.6. The van der Waals surface area contributed by atoms with E-state index < -0.39 is 6.10 Å². The van der Waals surface area contributed by atoms with Crippen molar-refractivity contribution in [1.29, 1.82) is 0 Å². The minimum atomic E-state index is -0.443. The molecular weight excluding hydrogens is 486 g/mol. The van der Waals surface area contributed by atoms with E-state index in [0.717, 1.165) is 43.4 Å². The number of esters is 1. The van der Waals surface area contributed by atoms with Crippen LogP contribution in [0.3, 0.4) is 0 Å². The minimum absolute atomic E-state index is 0.0115. The summed E-state index contributed by atoms with van der Waals surface area (Å²) in [6.07, 6.45) is 7.01. The van der Waals surface area contributed by atoms with Crippen molar-refractivity contribution in [2.75, 3.05) is 13.2 Å². The summed E-state index contributed by atoms with van der Waals surface area (Å²) in [5.41, 5.74) is 2.14. The van der Waals surface area contributed by atoms with Crippen LogP contribution in [0.15, 0.2) is 60.7 Å². The maximum absolute atomic E-state index is 13.1. The SMILES string of the molecule is CC1C(=O)CC[C@]2(C)[C@@H]3CC[C@]4(C)C(OCC(=O)OC(c5ccccc5)c5ccccc5)CC[C@H]4[C@@H]3CCN12. The van der Waals surface area contributed by atoms with Gasteiger partial charge in [0.15, 0.2) is 6.10 Å². The third-order valence-corrected chi connectivity index (χ3v) is 11.2. The molecule has 5 nitrogen and oxygen atoms in total. The number of ether oxygens (including phenoxy) is 2. The number of hydrogen-bond donors (Lipinski definition) is 0. The molecule has 2 heterocycles. The highest BCUT2D eigenvalue weighted by Crippen LogP contribution is 2.62. The molecule has 0 aromatic heterocycles. The number of benzene rings is 2. The molecule has 0 N–H and O–H groups in total. The lowest BCUT2D eigenvalue weighted by Crippen LogP contribution is -2.67. The molecular formula is C34H43NO4. The van der Waals surface area contributed by atoms with E-state index in [-0.39, 0.29) is 35.7 Å². The zero-order valence-electron chi connectivity index (χ0n) is 23.7. The van der Waals surface area contributed by atoms with Gasteiger partial charge < -0.3 is 9.47 Å². The summed E-state index contributed by atoms with van der Waals surface area (Å²) in [4.78, 5) is 28.2. The van der Waals surface area contributed by atoms with Gasteiger partial charge in [0.05, 0.1) is 12.1 Å². The van der Waals surface area contributed by atoms with Crippen molar-refractivity contribution in [3.8, 4) is 0 Å². The quantitative estimate of drug-likeness (QED) is 0.408. The van der Waals surface area contributed by atoms with Crippen molar-refractivity contribution < 1.29 is 19.1 Å². The Kier molecular flexibility index (Phi) is 7.18. The first-order chi connectivity index (χ1) is 18.8. The normalized spacial score (nSPS) is 36.2. The predicted octanol–water partition coefficient (Wildman–Crippen LogP) is 6.36. The molecule has 0 radical (unpaired) electrons. The Morgan fingerprint density at radius 1 is 0.923 bits per heavy atom. The first-order valence-corrected chi connectivity index (χ1v) is 15.0. The molecule has 2 aromatic rings. The van der Waals surface area contributed by atoms with Crippen LogP contribution in [0.5, 0.6) is 0 Å².